The van der Waals surface area contributed by atoms with Crippen LogP contribution in [0, 0.1) is 11.3 Å². The van der Waals surface area contributed by atoms with Gasteiger partial charge in [0, 0.05) is 56.2 Å². The van der Waals surface area contributed by atoms with Crippen LogP contribution in [-0.4, -0.2) is 55.3 Å². The monoisotopic (exact) mass is 416 g/mol. The van der Waals surface area contributed by atoms with E-state index in [1.165, 1.54) is 63.6 Å². The van der Waals surface area contributed by atoms with Crippen molar-refractivity contribution >= 4 is 17.3 Å². The first-order valence-corrected chi connectivity index (χ1v) is 12.7. The maximum absolute atomic E-state index is 6.16. The second-order valence-electron chi connectivity index (χ2n) is 9.46. The summed E-state index contributed by atoms with van der Waals surface area (Å²) in [6.45, 7) is 7.35. The molecule has 2 aliphatic carbocycles. The predicted molar refractivity (Wildman–Crippen MR) is 119 cm³/mol. The van der Waals surface area contributed by atoms with Crippen LogP contribution in [0.2, 0.25) is 0 Å². The smallest absolute Gasteiger partial charge is 0.191 e. The molecule has 160 valence electrons. The molecule has 2 aliphatic heterocycles. The number of nitrogens with one attached hydrogen (secondary N) is 2. The Morgan fingerprint density at radius 2 is 2.07 bits per heavy atom. The normalized spacial score (nSPS) is 32.3. The molecule has 1 spiro atoms. The van der Waals surface area contributed by atoms with Crippen molar-refractivity contribution in [2.75, 3.05) is 26.2 Å². The summed E-state index contributed by atoms with van der Waals surface area (Å²) < 4.78 is 6.16. The summed E-state index contributed by atoms with van der Waals surface area (Å²) in [5.41, 5.74) is 1.83. The summed E-state index contributed by atoms with van der Waals surface area (Å²) >= 11 is 1.80. The van der Waals surface area contributed by atoms with Crippen molar-refractivity contribution in [3.8, 4) is 0 Å². The van der Waals surface area contributed by atoms with Gasteiger partial charge in [0.25, 0.3) is 0 Å². The third-order valence-corrected chi connectivity index (χ3v) is 8.54. The first kappa shape index (κ1) is 19.8. The molecule has 5 nitrogen and oxygen atoms in total. The number of aliphatic imine (C=N–C) groups is 1. The van der Waals surface area contributed by atoms with E-state index in [1.807, 2.05) is 0 Å². The number of rotatable bonds is 5. The van der Waals surface area contributed by atoms with E-state index in [1.54, 1.807) is 11.3 Å². The number of guanidine groups is 1. The van der Waals surface area contributed by atoms with Gasteiger partial charge in [-0.2, -0.15) is 11.3 Å². The summed E-state index contributed by atoms with van der Waals surface area (Å²) in [6, 6.07) is 3.33. The predicted octanol–water partition coefficient (Wildman–Crippen LogP) is 3.62. The number of hydrogen-bond donors (Lipinski definition) is 2. The lowest BCUT2D eigenvalue weighted by molar-refractivity contribution is -0.125. The molecule has 2 saturated heterocycles. The molecule has 0 bridgehead atoms. The number of fused-ring (bicyclic) bond motifs is 2. The summed E-state index contributed by atoms with van der Waals surface area (Å²) in [5.74, 6) is 1.73. The van der Waals surface area contributed by atoms with Gasteiger partial charge in [-0.1, -0.05) is 12.8 Å². The van der Waals surface area contributed by atoms with Crippen molar-refractivity contribution in [1.82, 2.24) is 15.5 Å². The fourth-order valence-corrected chi connectivity index (χ4v) is 7.07. The Labute approximate surface area is 179 Å². The minimum absolute atomic E-state index is 0.376. The molecular weight excluding hydrogens is 380 g/mol. The fourth-order valence-electron chi connectivity index (χ4n) is 6.41. The lowest BCUT2D eigenvalue weighted by Gasteiger charge is -2.57. The summed E-state index contributed by atoms with van der Waals surface area (Å²) in [4.78, 5) is 7.42. The number of nitrogens with zero attached hydrogens (tertiary/aromatic N) is 2. The van der Waals surface area contributed by atoms with Gasteiger partial charge < -0.3 is 15.4 Å². The first-order chi connectivity index (χ1) is 14.3. The van der Waals surface area contributed by atoms with E-state index in [2.05, 4.69) is 39.3 Å². The highest BCUT2D eigenvalue weighted by molar-refractivity contribution is 7.07. The van der Waals surface area contributed by atoms with Crippen LogP contribution in [0.5, 0.6) is 0 Å². The Hall–Kier alpha value is -1.11. The van der Waals surface area contributed by atoms with E-state index in [-0.39, 0.29) is 0 Å². The van der Waals surface area contributed by atoms with Gasteiger partial charge in [0.1, 0.15) is 0 Å². The number of thiophene rings is 1. The van der Waals surface area contributed by atoms with Crippen molar-refractivity contribution in [1.29, 1.82) is 0 Å². The lowest BCUT2D eigenvalue weighted by atomic mass is 9.54. The number of hydrogen-bond acceptors (Lipinski definition) is 4. The zero-order valence-electron chi connectivity index (χ0n) is 17.7. The van der Waals surface area contributed by atoms with E-state index in [0.29, 0.717) is 29.5 Å². The molecule has 3 unspecified atom stereocenters. The number of piperidine rings is 1. The van der Waals surface area contributed by atoms with Gasteiger partial charge in [0.15, 0.2) is 5.96 Å². The standard InChI is InChI=1S/C23H36N4OS/c1-2-24-22(25-18-5-11-27(12-6-18)15-17-8-14-29-16-17)26-20-19-7-13-28-21(19)23(20)9-3-4-10-23/h8,14,16,18-21H,2-7,9-13,15H2,1H3,(H2,24,25,26). The SMILES string of the molecule is CCN=C(NC1CCN(Cc2ccsc2)CC1)NC1C2CCOC2C12CCCC2. The molecule has 0 radical (unpaired) electrons. The van der Waals surface area contributed by atoms with Gasteiger partial charge >= 0.3 is 0 Å². The molecule has 2 N–H and O–H groups in total. The topological polar surface area (TPSA) is 48.9 Å². The molecule has 1 aromatic rings. The van der Waals surface area contributed by atoms with Gasteiger partial charge in [-0.25, -0.2) is 0 Å². The molecule has 4 aliphatic rings. The van der Waals surface area contributed by atoms with Gasteiger partial charge in [-0.15, -0.1) is 0 Å². The van der Waals surface area contributed by atoms with Crippen LogP contribution >= 0.6 is 11.3 Å². The molecule has 1 aromatic heterocycles. The van der Waals surface area contributed by atoms with Crippen LogP contribution in [-0.2, 0) is 11.3 Å². The van der Waals surface area contributed by atoms with Crippen LogP contribution in [0.1, 0.15) is 57.4 Å². The molecule has 0 aromatic carbocycles. The molecule has 5 rings (SSSR count). The molecule has 0 amide bonds. The molecule has 3 heterocycles. The third kappa shape index (κ3) is 3.84. The number of likely N-dealkylation sites (tertiary alicyclic amines) is 1. The molecular formula is C23H36N4OS. The first-order valence-electron chi connectivity index (χ1n) is 11.7. The van der Waals surface area contributed by atoms with Gasteiger partial charge in [-0.05, 0) is 61.4 Å². The number of ether oxygens (including phenoxy) is 1. The fraction of sp³-hybridized carbons (Fsp3) is 0.783. The zero-order chi connectivity index (χ0) is 19.7. The van der Waals surface area contributed by atoms with Gasteiger partial charge in [0.2, 0.25) is 0 Å². The molecule has 2 saturated carbocycles. The Kier molecular flexibility index (Phi) is 5.85. The van der Waals surface area contributed by atoms with E-state index >= 15 is 0 Å². The minimum atomic E-state index is 0.376. The maximum Gasteiger partial charge on any atom is 0.191 e. The van der Waals surface area contributed by atoms with Crippen LogP contribution in [0.15, 0.2) is 21.8 Å². The second-order valence-corrected chi connectivity index (χ2v) is 10.2. The molecule has 3 atom stereocenters. The average molecular weight is 417 g/mol. The van der Waals surface area contributed by atoms with Gasteiger partial charge in [0.05, 0.1) is 6.10 Å². The lowest BCUT2D eigenvalue weighted by Crippen LogP contribution is -2.69. The van der Waals surface area contributed by atoms with Gasteiger partial charge in [-0.3, -0.25) is 9.89 Å². The van der Waals surface area contributed by atoms with Crippen molar-refractivity contribution < 1.29 is 4.74 Å². The van der Waals surface area contributed by atoms with Crippen LogP contribution < -0.4 is 10.6 Å². The van der Waals surface area contributed by atoms with E-state index in [9.17, 15) is 0 Å². The third-order valence-electron chi connectivity index (χ3n) is 7.81. The highest BCUT2D eigenvalue weighted by atomic mass is 32.1. The largest absolute Gasteiger partial charge is 0.377 e. The van der Waals surface area contributed by atoms with Crippen molar-refractivity contribution in [2.24, 2.45) is 16.3 Å². The van der Waals surface area contributed by atoms with E-state index in [4.69, 9.17) is 9.73 Å². The zero-order valence-corrected chi connectivity index (χ0v) is 18.6. The molecule has 29 heavy (non-hydrogen) atoms. The quantitative estimate of drug-likeness (QED) is 0.569. The molecule has 4 fully saturated rings. The van der Waals surface area contributed by atoms with Crippen LogP contribution in [0.3, 0.4) is 0 Å². The summed E-state index contributed by atoms with van der Waals surface area (Å²) in [5, 5.41) is 12.2. The Morgan fingerprint density at radius 3 is 2.79 bits per heavy atom. The maximum atomic E-state index is 6.16. The van der Waals surface area contributed by atoms with Crippen molar-refractivity contribution in [3.05, 3.63) is 22.4 Å². The van der Waals surface area contributed by atoms with Crippen LogP contribution in [0.25, 0.3) is 0 Å². The van der Waals surface area contributed by atoms with Crippen molar-refractivity contribution in [3.63, 3.8) is 0 Å². The highest BCUT2D eigenvalue weighted by Crippen LogP contribution is 2.60. The van der Waals surface area contributed by atoms with E-state index in [0.717, 1.165) is 25.7 Å². The van der Waals surface area contributed by atoms with E-state index < -0.39 is 0 Å². The Balaban J connectivity index is 1.17. The summed E-state index contributed by atoms with van der Waals surface area (Å²) in [7, 11) is 0. The Morgan fingerprint density at radius 1 is 1.24 bits per heavy atom. The highest BCUT2D eigenvalue weighted by Gasteiger charge is 2.65. The Bertz CT molecular complexity index is 692. The second kappa shape index (κ2) is 8.56. The molecule has 6 heteroatoms. The summed E-state index contributed by atoms with van der Waals surface area (Å²) in [6.07, 6.45) is 9.48. The minimum Gasteiger partial charge on any atom is -0.377 e. The average Bonchev–Trinajstić information content (AvgIpc) is 3.48. The van der Waals surface area contributed by atoms with Crippen molar-refractivity contribution in [2.45, 2.75) is 76.6 Å². The van der Waals surface area contributed by atoms with Crippen LogP contribution in [0.4, 0.5) is 0 Å².